The number of methoxy groups -OCH3 is 1. The van der Waals surface area contributed by atoms with Gasteiger partial charge in [0.2, 0.25) is 5.91 Å². The standard InChI is InChI=1S/C22H37N5O3.HI/c1-6-23-22(24-15-18-8-9-19(29-5)20(14-18)30-7-2)27-12-10-26(11-13-27)16-21(28)25-17(3)4;/h8-9,14,17H,6-7,10-13,15-16H2,1-5H3,(H,23,24)(H,25,28);1H. The summed E-state index contributed by atoms with van der Waals surface area (Å²) >= 11 is 0. The van der Waals surface area contributed by atoms with Crippen LogP contribution in [0.5, 0.6) is 11.5 Å². The van der Waals surface area contributed by atoms with Crippen LogP contribution >= 0.6 is 24.0 Å². The molecule has 31 heavy (non-hydrogen) atoms. The predicted octanol–water partition coefficient (Wildman–Crippen LogP) is 2.32. The van der Waals surface area contributed by atoms with Crippen LogP contribution < -0.4 is 20.1 Å². The van der Waals surface area contributed by atoms with Gasteiger partial charge in [0.15, 0.2) is 17.5 Å². The van der Waals surface area contributed by atoms with Gasteiger partial charge in [-0.05, 0) is 45.4 Å². The number of nitrogens with one attached hydrogen (secondary N) is 2. The molecule has 0 radical (unpaired) electrons. The molecule has 1 heterocycles. The number of nitrogens with zero attached hydrogens (tertiary/aromatic N) is 3. The van der Waals surface area contributed by atoms with Crippen LogP contribution in [0.3, 0.4) is 0 Å². The maximum atomic E-state index is 12.0. The summed E-state index contributed by atoms with van der Waals surface area (Å²) in [7, 11) is 1.64. The Balaban J connectivity index is 0.00000480. The number of hydrogen-bond acceptors (Lipinski definition) is 5. The molecule has 1 aliphatic rings. The van der Waals surface area contributed by atoms with Crippen molar-refractivity contribution in [3.05, 3.63) is 23.8 Å². The topological polar surface area (TPSA) is 78.4 Å². The zero-order valence-electron chi connectivity index (χ0n) is 19.4. The Morgan fingerprint density at radius 2 is 1.87 bits per heavy atom. The van der Waals surface area contributed by atoms with Crippen molar-refractivity contribution in [2.45, 2.75) is 40.3 Å². The molecule has 1 aromatic carbocycles. The highest BCUT2D eigenvalue weighted by molar-refractivity contribution is 14.0. The smallest absolute Gasteiger partial charge is 0.234 e. The number of rotatable bonds is 9. The van der Waals surface area contributed by atoms with Gasteiger partial charge in [-0.1, -0.05) is 6.07 Å². The fraction of sp³-hybridized carbons (Fsp3) is 0.636. The lowest BCUT2D eigenvalue weighted by Gasteiger charge is -2.36. The molecule has 9 heteroatoms. The van der Waals surface area contributed by atoms with E-state index in [1.54, 1.807) is 7.11 Å². The maximum Gasteiger partial charge on any atom is 0.234 e. The average Bonchev–Trinajstić information content (AvgIpc) is 2.71. The Morgan fingerprint density at radius 3 is 2.45 bits per heavy atom. The molecular formula is C22H38IN5O3. The van der Waals surface area contributed by atoms with Crippen LogP contribution in [-0.2, 0) is 11.3 Å². The molecule has 2 N–H and O–H groups in total. The monoisotopic (exact) mass is 547 g/mol. The van der Waals surface area contributed by atoms with Crippen molar-refractivity contribution in [2.24, 2.45) is 4.99 Å². The third-order valence-corrected chi connectivity index (χ3v) is 4.76. The number of hydrogen-bond donors (Lipinski definition) is 2. The first kappa shape index (κ1) is 27.3. The van der Waals surface area contributed by atoms with Gasteiger partial charge >= 0.3 is 0 Å². The molecule has 1 amide bonds. The van der Waals surface area contributed by atoms with Crippen molar-refractivity contribution in [3.63, 3.8) is 0 Å². The van der Waals surface area contributed by atoms with Gasteiger partial charge < -0.3 is 25.0 Å². The van der Waals surface area contributed by atoms with E-state index in [-0.39, 0.29) is 35.9 Å². The number of amides is 1. The molecule has 0 aromatic heterocycles. The SMILES string of the molecule is CCNC(=NCc1ccc(OC)c(OCC)c1)N1CCN(CC(=O)NC(C)C)CC1.I. The summed E-state index contributed by atoms with van der Waals surface area (Å²) in [5.41, 5.74) is 1.07. The molecule has 0 spiro atoms. The van der Waals surface area contributed by atoms with Crippen molar-refractivity contribution >= 4 is 35.8 Å². The maximum absolute atomic E-state index is 12.0. The minimum Gasteiger partial charge on any atom is -0.493 e. The number of halogens is 1. The Labute approximate surface area is 203 Å². The molecule has 0 atom stereocenters. The van der Waals surface area contributed by atoms with Gasteiger partial charge in [0.1, 0.15) is 0 Å². The van der Waals surface area contributed by atoms with Crippen LogP contribution in [-0.4, -0.2) is 80.7 Å². The van der Waals surface area contributed by atoms with Gasteiger partial charge in [0.25, 0.3) is 0 Å². The van der Waals surface area contributed by atoms with Crippen LogP contribution in [0.15, 0.2) is 23.2 Å². The van der Waals surface area contributed by atoms with E-state index in [2.05, 4.69) is 27.4 Å². The van der Waals surface area contributed by atoms with E-state index in [1.807, 2.05) is 39.0 Å². The quantitative estimate of drug-likeness (QED) is 0.281. The summed E-state index contributed by atoms with van der Waals surface area (Å²) in [5, 5.41) is 6.34. The van der Waals surface area contributed by atoms with Gasteiger partial charge in [-0.25, -0.2) is 4.99 Å². The molecular weight excluding hydrogens is 509 g/mol. The van der Waals surface area contributed by atoms with Gasteiger partial charge in [-0.2, -0.15) is 0 Å². The Bertz CT molecular complexity index is 706. The highest BCUT2D eigenvalue weighted by Gasteiger charge is 2.21. The van der Waals surface area contributed by atoms with Gasteiger partial charge in [-0.3, -0.25) is 9.69 Å². The van der Waals surface area contributed by atoms with Crippen LogP contribution in [0.1, 0.15) is 33.3 Å². The zero-order valence-corrected chi connectivity index (χ0v) is 21.8. The fourth-order valence-corrected chi connectivity index (χ4v) is 3.37. The van der Waals surface area contributed by atoms with Crippen molar-refractivity contribution in [3.8, 4) is 11.5 Å². The second kappa shape index (κ2) is 14.3. The van der Waals surface area contributed by atoms with Crippen LogP contribution in [0.4, 0.5) is 0 Å². The molecule has 8 nitrogen and oxygen atoms in total. The first-order valence-electron chi connectivity index (χ1n) is 10.8. The van der Waals surface area contributed by atoms with Crippen LogP contribution in [0.25, 0.3) is 0 Å². The second-order valence-corrected chi connectivity index (χ2v) is 7.57. The lowest BCUT2D eigenvalue weighted by atomic mass is 10.2. The van der Waals surface area contributed by atoms with Crippen LogP contribution in [0.2, 0.25) is 0 Å². The van der Waals surface area contributed by atoms with E-state index in [0.717, 1.165) is 55.7 Å². The number of benzene rings is 1. The normalized spacial score (nSPS) is 14.8. The number of carbonyl (C=O) groups excluding carboxylic acids is 1. The zero-order chi connectivity index (χ0) is 21.9. The lowest BCUT2D eigenvalue weighted by molar-refractivity contribution is -0.123. The Kier molecular flexibility index (Phi) is 12.6. The second-order valence-electron chi connectivity index (χ2n) is 7.57. The number of carbonyl (C=O) groups is 1. The predicted molar refractivity (Wildman–Crippen MR) is 136 cm³/mol. The highest BCUT2D eigenvalue weighted by atomic mass is 127. The highest BCUT2D eigenvalue weighted by Crippen LogP contribution is 2.28. The molecule has 1 aliphatic heterocycles. The molecule has 0 unspecified atom stereocenters. The van der Waals surface area contributed by atoms with E-state index < -0.39 is 0 Å². The van der Waals surface area contributed by atoms with Gasteiger partial charge in [0, 0.05) is 38.8 Å². The Hall–Kier alpha value is -1.75. The van der Waals surface area contributed by atoms with Gasteiger partial charge in [0.05, 0.1) is 26.8 Å². The van der Waals surface area contributed by atoms with E-state index in [1.165, 1.54) is 0 Å². The summed E-state index contributed by atoms with van der Waals surface area (Å²) in [5.74, 6) is 2.46. The van der Waals surface area contributed by atoms with Crippen molar-refractivity contribution in [1.82, 2.24) is 20.4 Å². The Morgan fingerprint density at radius 1 is 1.16 bits per heavy atom. The minimum atomic E-state index is 0. The molecule has 0 saturated carbocycles. The minimum absolute atomic E-state index is 0. The largest absolute Gasteiger partial charge is 0.493 e. The third kappa shape index (κ3) is 9.10. The number of ether oxygens (including phenoxy) is 2. The molecule has 1 aromatic rings. The average molecular weight is 547 g/mol. The molecule has 0 bridgehead atoms. The van der Waals surface area contributed by atoms with E-state index >= 15 is 0 Å². The number of aliphatic imine (C=N–C) groups is 1. The van der Waals surface area contributed by atoms with Crippen molar-refractivity contribution in [1.29, 1.82) is 0 Å². The summed E-state index contributed by atoms with van der Waals surface area (Å²) in [4.78, 5) is 21.3. The van der Waals surface area contributed by atoms with Crippen molar-refractivity contribution in [2.75, 3.05) is 53.0 Å². The van der Waals surface area contributed by atoms with E-state index in [0.29, 0.717) is 19.7 Å². The third-order valence-electron chi connectivity index (χ3n) is 4.76. The summed E-state index contributed by atoms with van der Waals surface area (Å²) in [6.07, 6.45) is 0. The molecule has 176 valence electrons. The fourth-order valence-electron chi connectivity index (χ4n) is 3.37. The van der Waals surface area contributed by atoms with E-state index in [9.17, 15) is 4.79 Å². The molecule has 0 aliphatic carbocycles. The molecule has 1 fully saturated rings. The van der Waals surface area contributed by atoms with Gasteiger partial charge in [-0.15, -0.1) is 24.0 Å². The summed E-state index contributed by atoms with van der Waals surface area (Å²) in [6, 6.07) is 6.09. The van der Waals surface area contributed by atoms with Crippen molar-refractivity contribution < 1.29 is 14.3 Å². The lowest BCUT2D eigenvalue weighted by Crippen LogP contribution is -2.54. The first-order valence-corrected chi connectivity index (χ1v) is 10.8. The molecule has 1 saturated heterocycles. The number of piperazine rings is 1. The molecule has 2 rings (SSSR count). The summed E-state index contributed by atoms with van der Waals surface area (Å²) < 4.78 is 11.0. The van der Waals surface area contributed by atoms with Crippen LogP contribution in [0, 0.1) is 0 Å². The number of guanidine groups is 1. The van der Waals surface area contributed by atoms with E-state index in [4.69, 9.17) is 14.5 Å². The summed E-state index contributed by atoms with van der Waals surface area (Å²) in [6.45, 7) is 13.8. The first-order chi connectivity index (χ1) is 14.5.